The van der Waals surface area contributed by atoms with Gasteiger partial charge in [-0.15, -0.1) is 0 Å². The van der Waals surface area contributed by atoms with Gasteiger partial charge in [-0.2, -0.15) is 4.72 Å². The number of aliphatic carboxylic acids is 1. The van der Waals surface area contributed by atoms with Crippen molar-refractivity contribution < 1.29 is 37.2 Å². The predicted molar refractivity (Wildman–Crippen MR) is 173 cm³/mol. The van der Waals surface area contributed by atoms with Crippen LogP contribution in [0.15, 0.2) is 88.3 Å². The number of benzene rings is 3. The van der Waals surface area contributed by atoms with Crippen LogP contribution < -0.4 is 20.1 Å². The second kappa shape index (κ2) is 14.5. The quantitative estimate of drug-likeness (QED) is 0.170. The number of sulfonamides is 1. The number of methoxy groups -OCH3 is 1. The van der Waals surface area contributed by atoms with E-state index in [1.165, 1.54) is 19.2 Å². The number of carboxylic acid groups (broad SMARTS) is 1. The summed E-state index contributed by atoms with van der Waals surface area (Å²) >= 11 is 0. The van der Waals surface area contributed by atoms with Gasteiger partial charge in [0.05, 0.1) is 30.2 Å². The maximum absolute atomic E-state index is 13.5. The summed E-state index contributed by atoms with van der Waals surface area (Å²) in [4.78, 5) is 39.6. The highest BCUT2D eigenvalue weighted by atomic mass is 32.2. The number of hydrogen-bond acceptors (Lipinski definition) is 8. The van der Waals surface area contributed by atoms with Crippen molar-refractivity contribution in [3.63, 3.8) is 0 Å². The number of urea groups is 1. The lowest BCUT2D eigenvalue weighted by molar-refractivity contribution is -0.139. The third-order valence-corrected chi connectivity index (χ3v) is 9.30. The molecule has 2 atom stereocenters. The van der Waals surface area contributed by atoms with Crippen molar-refractivity contribution in [1.82, 2.24) is 14.8 Å². The number of carbonyl (C=O) groups excluding carboxylic acids is 2. The predicted octanol–water partition coefficient (Wildman–Crippen LogP) is 4.52. The van der Waals surface area contributed by atoms with E-state index in [4.69, 9.17) is 9.26 Å². The van der Waals surface area contributed by atoms with Crippen molar-refractivity contribution in [2.75, 3.05) is 24.3 Å². The Kier molecular flexibility index (Phi) is 10.2. The lowest BCUT2D eigenvalue weighted by Crippen LogP contribution is -2.42. The third-order valence-electron chi connectivity index (χ3n) is 7.81. The molecule has 3 amide bonds. The molecule has 0 saturated carbocycles. The monoisotopic (exact) mass is 661 g/mol. The van der Waals surface area contributed by atoms with Crippen LogP contribution in [0.4, 0.5) is 16.2 Å². The summed E-state index contributed by atoms with van der Waals surface area (Å²) in [6, 6.07) is 19.2. The fraction of sp³-hybridized carbons (Fsp3) is 0.273. The average molecular weight is 662 g/mol. The highest BCUT2D eigenvalue weighted by Crippen LogP contribution is 2.33. The van der Waals surface area contributed by atoms with Gasteiger partial charge in [-0.25, -0.2) is 13.2 Å². The number of ether oxygens (including phenoxy) is 1. The molecule has 1 aliphatic heterocycles. The number of amides is 3. The second-order valence-electron chi connectivity index (χ2n) is 11.1. The first-order chi connectivity index (χ1) is 22.5. The standard InChI is InChI=1S/C33H35N5O8S/c1-21-9-6-7-12-25(21)34-33(42)35-26-15-14-22(17-30(26)45-2)18-31(39)38-16-8-13-29(38)27-19-23(46-36-27)20-28(32(40)41)37-47(43,44)24-10-4-3-5-11-24/h3-7,9-12,14-15,17,19,28-29,37H,8,13,16,18,20H2,1-2H3,(H,40,41)(H2,34,35,42). The van der Waals surface area contributed by atoms with Crippen LogP contribution in [0.2, 0.25) is 0 Å². The van der Waals surface area contributed by atoms with E-state index in [1.54, 1.807) is 53.4 Å². The van der Waals surface area contributed by atoms with Crippen LogP contribution in [0.5, 0.6) is 5.75 Å². The largest absolute Gasteiger partial charge is 0.495 e. The van der Waals surface area contributed by atoms with E-state index in [1.807, 2.05) is 25.1 Å². The van der Waals surface area contributed by atoms with Crippen molar-refractivity contribution in [3.05, 3.63) is 101 Å². The minimum Gasteiger partial charge on any atom is -0.495 e. The molecule has 4 aromatic rings. The van der Waals surface area contributed by atoms with Crippen molar-refractivity contribution in [2.45, 2.75) is 49.6 Å². The van der Waals surface area contributed by atoms with Crippen LogP contribution in [-0.4, -0.2) is 61.2 Å². The average Bonchev–Trinajstić information content (AvgIpc) is 3.73. The molecule has 5 rings (SSSR count). The molecule has 0 radical (unpaired) electrons. The topological polar surface area (TPSA) is 180 Å². The van der Waals surface area contributed by atoms with Gasteiger partial charge in [0.1, 0.15) is 23.2 Å². The van der Waals surface area contributed by atoms with Crippen molar-refractivity contribution in [2.24, 2.45) is 0 Å². The molecule has 1 aliphatic rings. The molecule has 1 aromatic heterocycles. The van der Waals surface area contributed by atoms with Gasteiger partial charge in [-0.05, 0) is 61.2 Å². The molecule has 2 heterocycles. The summed E-state index contributed by atoms with van der Waals surface area (Å²) in [6.07, 6.45) is 1.14. The number of carbonyl (C=O) groups is 3. The van der Waals surface area contributed by atoms with Gasteiger partial charge in [0, 0.05) is 24.7 Å². The molecule has 0 aliphatic carbocycles. The van der Waals surface area contributed by atoms with E-state index < -0.39 is 34.1 Å². The summed E-state index contributed by atoms with van der Waals surface area (Å²) in [6.45, 7) is 2.39. The summed E-state index contributed by atoms with van der Waals surface area (Å²) in [7, 11) is -2.61. The Bertz CT molecular complexity index is 1860. The van der Waals surface area contributed by atoms with E-state index in [-0.39, 0.29) is 29.4 Å². The molecule has 14 heteroatoms. The summed E-state index contributed by atoms with van der Waals surface area (Å²) in [5.74, 6) is -0.966. The molecule has 1 fully saturated rings. The summed E-state index contributed by atoms with van der Waals surface area (Å²) in [5, 5.41) is 19.4. The zero-order valence-corrected chi connectivity index (χ0v) is 26.6. The zero-order valence-electron chi connectivity index (χ0n) is 25.8. The van der Waals surface area contributed by atoms with E-state index >= 15 is 0 Å². The van der Waals surface area contributed by atoms with Crippen molar-refractivity contribution >= 4 is 39.3 Å². The fourth-order valence-corrected chi connectivity index (χ4v) is 6.61. The lowest BCUT2D eigenvalue weighted by Gasteiger charge is -2.23. The van der Waals surface area contributed by atoms with E-state index in [2.05, 4.69) is 20.5 Å². The summed E-state index contributed by atoms with van der Waals surface area (Å²) < 4.78 is 38.5. The number of aromatic nitrogens is 1. The third kappa shape index (κ3) is 8.15. The lowest BCUT2D eigenvalue weighted by atomic mass is 10.1. The first-order valence-corrected chi connectivity index (χ1v) is 16.4. The molecule has 3 aromatic carbocycles. The number of likely N-dealkylation sites (tertiary alicyclic amines) is 1. The maximum atomic E-state index is 13.5. The van der Waals surface area contributed by atoms with Gasteiger partial charge in [0.25, 0.3) is 0 Å². The zero-order chi connectivity index (χ0) is 33.6. The SMILES string of the molecule is COc1cc(CC(=O)N2CCCC2c2cc(CC(NS(=O)(=O)c3ccccc3)C(=O)O)on2)ccc1NC(=O)Nc1ccccc1C. The van der Waals surface area contributed by atoms with Gasteiger partial charge in [-0.1, -0.05) is 47.6 Å². The fourth-order valence-electron chi connectivity index (χ4n) is 5.40. The molecule has 4 N–H and O–H groups in total. The van der Waals surface area contributed by atoms with Gasteiger partial charge in [0.15, 0.2) is 0 Å². The maximum Gasteiger partial charge on any atom is 0.323 e. The number of anilines is 2. The molecule has 13 nitrogen and oxygen atoms in total. The van der Waals surface area contributed by atoms with Crippen molar-refractivity contribution in [1.29, 1.82) is 0 Å². The number of rotatable bonds is 12. The summed E-state index contributed by atoms with van der Waals surface area (Å²) in [5.41, 5.74) is 3.17. The minimum atomic E-state index is -4.09. The van der Waals surface area contributed by atoms with E-state index in [0.717, 1.165) is 12.0 Å². The number of para-hydroxylation sites is 1. The van der Waals surface area contributed by atoms with E-state index in [9.17, 15) is 27.9 Å². The first kappa shape index (κ1) is 33.2. The molecule has 0 spiro atoms. The van der Waals surface area contributed by atoms with Crippen LogP contribution >= 0.6 is 0 Å². The van der Waals surface area contributed by atoms with Crippen LogP contribution in [0.3, 0.4) is 0 Å². The Morgan fingerprint density at radius 3 is 2.47 bits per heavy atom. The molecule has 1 saturated heterocycles. The Morgan fingerprint density at radius 1 is 1.02 bits per heavy atom. The number of hydrogen-bond donors (Lipinski definition) is 4. The van der Waals surface area contributed by atoms with Crippen LogP contribution in [0.25, 0.3) is 0 Å². The van der Waals surface area contributed by atoms with Gasteiger partial charge >= 0.3 is 12.0 Å². The number of nitrogens with zero attached hydrogens (tertiary/aromatic N) is 2. The minimum absolute atomic E-state index is 0.0585. The molecule has 2 unspecified atom stereocenters. The second-order valence-corrected chi connectivity index (χ2v) is 12.8. The van der Waals surface area contributed by atoms with Gasteiger partial charge < -0.3 is 29.9 Å². The van der Waals surface area contributed by atoms with Crippen LogP contribution in [0.1, 0.15) is 41.5 Å². The first-order valence-electron chi connectivity index (χ1n) is 14.9. The number of carboxylic acids is 1. The van der Waals surface area contributed by atoms with Crippen molar-refractivity contribution in [3.8, 4) is 5.75 Å². The molecule has 47 heavy (non-hydrogen) atoms. The number of nitrogens with one attached hydrogen (secondary N) is 3. The molecular weight excluding hydrogens is 626 g/mol. The Balaban J connectivity index is 1.22. The van der Waals surface area contributed by atoms with Gasteiger partial charge in [-0.3, -0.25) is 9.59 Å². The normalized spacial score (nSPS) is 15.2. The Labute approximate surface area is 272 Å². The molecular formula is C33H35N5O8S. The number of aryl methyl sites for hydroxylation is 1. The highest BCUT2D eigenvalue weighted by Gasteiger charge is 2.33. The van der Waals surface area contributed by atoms with Crippen LogP contribution in [0, 0.1) is 6.92 Å². The van der Waals surface area contributed by atoms with E-state index in [0.29, 0.717) is 41.3 Å². The van der Waals surface area contributed by atoms with Gasteiger partial charge in [0.2, 0.25) is 15.9 Å². The molecule has 246 valence electrons. The Hall–Kier alpha value is -5.21. The molecule has 0 bridgehead atoms. The van der Waals surface area contributed by atoms with Crippen LogP contribution in [-0.2, 0) is 32.5 Å². The highest BCUT2D eigenvalue weighted by molar-refractivity contribution is 7.89. The smallest absolute Gasteiger partial charge is 0.323 e. The Morgan fingerprint density at radius 2 is 1.74 bits per heavy atom.